The Bertz CT molecular complexity index is 679. The van der Waals surface area contributed by atoms with E-state index in [-0.39, 0.29) is 12.4 Å². The van der Waals surface area contributed by atoms with Crippen LogP contribution in [-0.4, -0.2) is 27.4 Å². The topological polar surface area (TPSA) is 52.6 Å². The van der Waals surface area contributed by atoms with Gasteiger partial charge >= 0.3 is 0 Å². The van der Waals surface area contributed by atoms with E-state index in [1.165, 1.54) is 5.39 Å². The van der Waals surface area contributed by atoms with Crippen molar-refractivity contribution in [3.05, 3.63) is 42.5 Å². The molecule has 0 saturated heterocycles. The van der Waals surface area contributed by atoms with E-state index in [0.29, 0.717) is 19.4 Å². The number of hydrogen-bond acceptors (Lipinski definition) is 4. The van der Waals surface area contributed by atoms with Crippen LogP contribution in [0.15, 0.2) is 42.5 Å². The summed E-state index contributed by atoms with van der Waals surface area (Å²) in [6.07, 6.45) is 1.10. The Morgan fingerprint density at radius 3 is 2.52 bits per heavy atom. The van der Waals surface area contributed by atoms with Gasteiger partial charge in [-0.25, -0.2) is 0 Å². The molecule has 5 heteroatoms. The molecule has 0 N–H and O–H groups in total. The molecule has 0 aliphatic heterocycles. The third-order valence-electron chi connectivity index (χ3n) is 3.00. The van der Waals surface area contributed by atoms with E-state index >= 15 is 0 Å². The first-order valence-corrected chi connectivity index (χ1v) is 8.67. The summed E-state index contributed by atoms with van der Waals surface area (Å²) in [6, 6.07) is 14.0. The van der Waals surface area contributed by atoms with E-state index in [0.717, 1.165) is 11.1 Å². The van der Waals surface area contributed by atoms with Crippen molar-refractivity contribution in [2.75, 3.05) is 19.0 Å². The summed E-state index contributed by atoms with van der Waals surface area (Å²) < 4.78 is 33.2. The maximum absolute atomic E-state index is 11.3. The Labute approximate surface area is 125 Å². The van der Waals surface area contributed by atoms with Crippen molar-refractivity contribution in [1.82, 2.24) is 0 Å². The second-order valence-corrected chi connectivity index (χ2v) is 6.55. The monoisotopic (exact) mass is 308 g/mol. The largest absolute Gasteiger partial charge is 0.493 e. The van der Waals surface area contributed by atoms with Gasteiger partial charge in [0.2, 0.25) is 0 Å². The van der Waals surface area contributed by atoms with Gasteiger partial charge in [0, 0.05) is 6.42 Å². The Morgan fingerprint density at radius 1 is 1.00 bits per heavy atom. The van der Waals surface area contributed by atoms with Crippen LogP contribution in [0.4, 0.5) is 0 Å². The highest BCUT2D eigenvalue weighted by Gasteiger charge is 2.08. The molecule has 0 aliphatic rings. The summed E-state index contributed by atoms with van der Waals surface area (Å²) in [5, 5.41) is 2.29. The molecule has 21 heavy (non-hydrogen) atoms. The molecule has 0 atom stereocenters. The maximum Gasteiger partial charge on any atom is 0.267 e. The molecule has 2 aromatic carbocycles. The van der Waals surface area contributed by atoms with Gasteiger partial charge in [-0.1, -0.05) is 37.3 Å². The summed E-state index contributed by atoms with van der Waals surface area (Å²) in [5.41, 5.74) is 0. The summed E-state index contributed by atoms with van der Waals surface area (Å²) in [5.74, 6) is 0.851. The lowest BCUT2D eigenvalue weighted by atomic mass is 10.1. The van der Waals surface area contributed by atoms with Gasteiger partial charge in [-0.15, -0.1) is 0 Å². The smallest absolute Gasteiger partial charge is 0.267 e. The van der Waals surface area contributed by atoms with E-state index in [1.807, 2.05) is 49.4 Å². The summed E-state index contributed by atoms with van der Waals surface area (Å²) in [7, 11) is -3.36. The molecule has 0 amide bonds. The fourth-order valence-corrected chi connectivity index (χ4v) is 2.99. The molecular weight excluding hydrogens is 288 g/mol. The van der Waals surface area contributed by atoms with Crippen LogP contribution in [0, 0.1) is 0 Å². The van der Waals surface area contributed by atoms with Crippen LogP contribution in [0.2, 0.25) is 0 Å². The predicted octanol–water partition coefficient (Wildman–Crippen LogP) is 3.37. The summed E-state index contributed by atoms with van der Waals surface area (Å²) in [6.45, 7) is 2.40. The van der Waals surface area contributed by atoms with Crippen LogP contribution in [0.5, 0.6) is 5.75 Å². The Morgan fingerprint density at radius 2 is 1.76 bits per heavy atom. The lowest BCUT2D eigenvalue weighted by molar-refractivity contribution is 0.251. The van der Waals surface area contributed by atoms with Crippen LogP contribution in [-0.2, 0) is 14.3 Å². The van der Waals surface area contributed by atoms with Crippen LogP contribution >= 0.6 is 0 Å². The third kappa shape index (κ3) is 5.02. The first-order valence-electron chi connectivity index (χ1n) is 7.09. The molecule has 2 rings (SSSR count). The molecule has 0 aromatic heterocycles. The molecule has 0 fully saturated rings. The number of fused-ring (bicyclic) bond motifs is 1. The van der Waals surface area contributed by atoms with Crippen molar-refractivity contribution in [2.45, 2.75) is 19.8 Å². The van der Waals surface area contributed by atoms with Crippen molar-refractivity contribution < 1.29 is 17.3 Å². The SMILES string of the molecule is CCCS(=O)(=O)OCCCOc1ccc2ccccc2c1. The van der Waals surface area contributed by atoms with E-state index in [1.54, 1.807) is 0 Å². The van der Waals surface area contributed by atoms with Crippen molar-refractivity contribution in [3.8, 4) is 5.75 Å². The Balaban J connectivity index is 1.77. The summed E-state index contributed by atoms with van der Waals surface area (Å²) >= 11 is 0. The van der Waals surface area contributed by atoms with E-state index in [9.17, 15) is 8.42 Å². The molecule has 4 nitrogen and oxygen atoms in total. The van der Waals surface area contributed by atoms with E-state index in [4.69, 9.17) is 8.92 Å². The van der Waals surface area contributed by atoms with Crippen molar-refractivity contribution >= 4 is 20.9 Å². The van der Waals surface area contributed by atoms with Crippen LogP contribution in [0.25, 0.3) is 10.8 Å². The second kappa shape index (κ2) is 7.43. The minimum absolute atomic E-state index is 0.0680. The minimum atomic E-state index is -3.36. The van der Waals surface area contributed by atoms with Crippen LogP contribution in [0.3, 0.4) is 0 Å². The standard InChI is InChI=1S/C16H20O4S/c1-2-12-21(17,18)20-11-5-10-19-16-9-8-14-6-3-4-7-15(14)13-16/h3-4,6-9,13H,2,5,10-12H2,1H3. The first kappa shape index (κ1) is 15.8. The number of benzene rings is 2. The quantitative estimate of drug-likeness (QED) is 0.554. The second-order valence-electron chi connectivity index (χ2n) is 4.79. The van der Waals surface area contributed by atoms with Gasteiger partial charge < -0.3 is 4.74 Å². The minimum Gasteiger partial charge on any atom is -0.493 e. The van der Waals surface area contributed by atoms with Crippen LogP contribution in [0.1, 0.15) is 19.8 Å². The van der Waals surface area contributed by atoms with Gasteiger partial charge in [-0.05, 0) is 29.3 Å². The first-order chi connectivity index (χ1) is 10.1. The number of ether oxygens (including phenoxy) is 1. The number of hydrogen-bond donors (Lipinski definition) is 0. The highest BCUT2D eigenvalue weighted by atomic mass is 32.2. The normalized spacial score (nSPS) is 11.7. The Hall–Kier alpha value is -1.59. The summed E-state index contributed by atoms with van der Waals surface area (Å²) in [4.78, 5) is 0. The van der Waals surface area contributed by atoms with Gasteiger partial charge in [0.25, 0.3) is 10.1 Å². The lowest BCUT2D eigenvalue weighted by Gasteiger charge is -2.08. The van der Waals surface area contributed by atoms with Gasteiger partial charge in [0.15, 0.2) is 0 Å². The van der Waals surface area contributed by atoms with E-state index in [2.05, 4.69) is 0 Å². The molecule has 0 saturated carbocycles. The highest BCUT2D eigenvalue weighted by molar-refractivity contribution is 7.86. The molecule has 0 spiro atoms. The average Bonchev–Trinajstić information content (AvgIpc) is 2.46. The molecule has 0 aliphatic carbocycles. The Kier molecular flexibility index (Phi) is 5.59. The molecule has 0 heterocycles. The van der Waals surface area contributed by atoms with Gasteiger partial charge in [0.1, 0.15) is 5.75 Å². The zero-order chi connectivity index (χ0) is 15.1. The fraction of sp³-hybridized carbons (Fsp3) is 0.375. The molecular formula is C16H20O4S. The third-order valence-corrected chi connectivity index (χ3v) is 4.43. The lowest BCUT2D eigenvalue weighted by Crippen LogP contribution is -2.12. The zero-order valence-electron chi connectivity index (χ0n) is 12.1. The zero-order valence-corrected chi connectivity index (χ0v) is 12.9. The maximum atomic E-state index is 11.3. The molecule has 0 unspecified atom stereocenters. The average molecular weight is 308 g/mol. The number of rotatable bonds is 8. The van der Waals surface area contributed by atoms with Crippen molar-refractivity contribution in [2.24, 2.45) is 0 Å². The van der Waals surface area contributed by atoms with Crippen LogP contribution < -0.4 is 4.74 Å². The molecule has 114 valence electrons. The molecule has 0 radical (unpaired) electrons. The van der Waals surface area contributed by atoms with Gasteiger partial charge in [-0.2, -0.15) is 8.42 Å². The molecule has 0 bridgehead atoms. The fourth-order valence-electron chi connectivity index (χ4n) is 2.00. The highest BCUT2D eigenvalue weighted by Crippen LogP contribution is 2.20. The van der Waals surface area contributed by atoms with Gasteiger partial charge in [-0.3, -0.25) is 4.18 Å². The van der Waals surface area contributed by atoms with Crippen molar-refractivity contribution in [1.29, 1.82) is 0 Å². The van der Waals surface area contributed by atoms with E-state index < -0.39 is 10.1 Å². The van der Waals surface area contributed by atoms with Crippen molar-refractivity contribution in [3.63, 3.8) is 0 Å². The predicted molar refractivity (Wildman–Crippen MR) is 84.1 cm³/mol. The van der Waals surface area contributed by atoms with Gasteiger partial charge in [0.05, 0.1) is 19.0 Å². The molecule has 2 aromatic rings.